The van der Waals surface area contributed by atoms with E-state index in [0.29, 0.717) is 6.61 Å². The molecule has 0 spiro atoms. The number of rotatable bonds is 3. The number of carbonyl (C=O) groups excluding carboxylic acids is 1. The van der Waals surface area contributed by atoms with Crippen molar-refractivity contribution < 1.29 is 9.53 Å². The number of hydrogen-bond acceptors (Lipinski definition) is 4. The molecule has 5 heteroatoms. The van der Waals surface area contributed by atoms with Gasteiger partial charge in [-0.05, 0) is 25.8 Å². The highest BCUT2D eigenvalue weighted by molar-refractivity contribution is 5.85. The van der Waals surface area contributed by atoms with E-state index in [1.54, 1.807) is 12.4 Å². The van der Waals surface area contributed by atoms with Gasteiger partial charge in [-0.2, -0.15) is 0 Å². The molecule has 0 aliphatic heterocycles. The molecule has 0 bridgehead atoms. The van der Waals surface area contributed by atoms with E-state index < -0.39 is 5.41 Å². The van der Waals surface area contributed by atoms with E-state index in [4.69, 9.17) is 9.72 Å². The highest BCUT2D eigenvalue weighted by Crippen LogP contribution is 2.42. The number of carbonyl (C=O) groups is 1. The summed E-state index contributed by atoms with van der Waals surface area (Å²) in [5.74, 6) is 0.681. The number of pyridine rings is 1. The Kier molecular flexibility index (Phi) is 3.20. The molecule has 3 rings (SSSR count). The van der Waals surface area contributed by atoms with Gasteiger partial charge in [-0.25, -0.2) is 4.98 Å². The quantitative estimate of drug-likeness (QED) is 0.805. The van der Waals surface area contributed by atoms with E-state index in [9.17, 15) is 4.79 Å². The topological polar surface area (TPSA) is 57.0 Å². The van der Waals surface area contributed by atoms with E-state index in [1.165, 1.54) is 0 Å². The van der Waals surface area contributed by atoms with Crippen LogP contribution in [0, 0.1) is 0 Å². The van der Waals surface area contributed by atoms with Crippen LogP contribution in [0.4, 0.5) is 0 Å². The summed E-state index contributed by atoms with van der Waals surface area (Å²) >= 11 is 0. The van der Waals surface area contributed by atoms with Crippen LogP contribution < -0.4 is 0 Å². The molecule has 2 heterocycles. The summed E-state index contributed by atoms with van der Waals surface area (Å²) in [5.41, 5.74) is 1.26. The molecule has 0 atom stereocenters. The predicted molar refractivity (Wildman–Crippen MR) is 75.3 cm³/mol. The Balaban J connectivity index is 2.15. The standard InChI is InChI=1S/C15H19N3O2/c1-3-20-14(19)15(7-4-5-8-15)13-17-11-6-9-16-10-12(11)18(13)2/h6,9-10H,3-5,7-8H2,1-2H3. The predicted octanol–water partition coefficient (Wildman–Crippen LogP) is 2.34. The first-order chi connectivity index (χ1) is 9.69. The van der Waals surface area contributed by atoms with Gasteiger partial charge >= 0.3 is 5.97 Å². The van der Waals surface area contributed by atoms with E-state index in [2.05, 4.69) is 4.98 Å². The van der Waals surface area contributed by atoms with E-state index >= 15 is 0 Å². The van der Waals surface area contributed by atoms with Gasteiger partial charge < -0.3 is 9.30 Å². The molecule has 20 heavy (non-hydrogen) atoms. The van der Waals surface area contributed by atoms with Gasteiger partial charge in [-0.15, -0.1) is 0 Å². The number of ether oxygens (including phenoxy) is 1. The fourth-order valence-corrected chi connectivity index (χ4v) is 3.23. The third kappa shape index (κ3) is 1.80. The summed E-state index contributed by atoms with van der Waals surface area (Å²) in [7, 11) is 1.95. The number of aromatic nitrogens is 3. The molecule has 0 unspecified atom stereocenters. The minimum Gasteiger partial charge on any atom is -0.465 e. The van der Waals surface area contributed by atoms with Crippen LogP contribution in [0.15, 0.2) is 18.5 Å². The maximum atomic E-state index is 12.5. The van der Waals surface area contributed by atoms with Crippen LogP contribution >= 0.6 is 0 Å². The minimum atomic E-state index is -0.580. The van der Waals surface area contributed by atoms with Crippen molar-refractivity contribution in [2.24, 2.45) is 7.05 Å². The van der Waals surface area contributed by atoms with E-state index in [0.717, 1.165) is 42.5 Å². The zero-order valence-corrected chi connectivity index (χ0v) is 11.9. The van der Waals surface area contributed by atoms with Gasteiger partial charge in [0.05, 0.1) is 23.8 Å². The second-order valence-corrected chi connectivity index (χ2v) is 5.37. The Morgan fingerprint density at radius 3 is 2.85 bits per heavy atom. The Labute approximate surface area is 118 Å². The van der Waals surface area contributed by atoms with Gasteiger partial charge in [0.25, 0.3) is 0 Å². The maximum absolute atomic E-state index is 12.5. The van der Waals surface area contributed by atoms with Crippen molar-refractivity contribution >= 4 is 17.0 Å². The summed E-state index contributed by atoms with van der Waals surface area (Å²) in [6.45, 7) is 2.26. The van der Waals surface area contributed by atoms with Gasteiger partial charge in [-0.1, -0.05) is 12.8 Å². The zero-order chi connectivity index (χ0) is 14.2. The molecular weight excluding hydrogens is 254 g/mol. The molecule has 2 aromatic heterocycles. The normalized spacial score (nSPS) is 17.5. The Hall–Kier alpha value is -1.91. The highest BCUT2D eigenvalue weighted by atomic mass is 16.5. The molecule has 0 amide bonds. The minimum absolute atomic E-state index is 0.135. The third-order valence-electron chi connectivity index (χ3n) is 4.23. The fourth-order valence-electron chi connectivity index (χ4n) is 3.23. The van der Waals surface area contributed by atoms with Crippen molar-refractivity contribution in [2.45, 2.75) is 38.0 Å². The first kappa shape index (κ1) is 13.1. The van der Waals surface area contributed by atoms with Gasteiger partial charge in [0.15, 0.2) is 0 Å². The summed E-state index contributed by atoms with van der Waals surface area (Å²) in [5, 5.41) is 0. The van der Waals surface area contributed by atoms with E-state index in [-0.39, 0.29) is 5.97 Å². The first-order valence-electron chi connectivity index (χ1n) is 7.13. The van der Waals surface area contributed by atoms with Gasteiger partial charge in [0.2, 0.25) is 0 Å². The summed E-state index contributed by atoms with van der Waals surface area (Å²) in [6.07, 6.45) is 7.23. The number of esters is 1. The lowest BCUT2D eigenvalue weighted by atomic mass is 9.85. The smallest absolute Gasteiger partial charge is 0.319 e. The Morgan fingerprint density at radius 1 is 1.45 bits per heavy atom. The summed E-state index contributed by atoms with van der Waals surface area (Å²) < 4.78 is 7.32. The zero-order valence-electron chi connectivity index (χ0n) is 11.9. The van der Waals surface area contributed by atoms with Crippen molar-refractivity contribution in [1.82, 2.24) is 14.5 Å². The van der Waals surface area contributed by atoms with Crippen LogP contribution in [-0.4, -0.2) is 27.1 Å². The van der Waals surface area contributed by atoms with Crippen molar-refractivity contribution in [3.63, 3.8) is 0 Å². The Morgan fingerprint density at radius 2 is 2.20 bits per heavy atom. The lowest BCUT2D eigenvalue weighted by Gasteiger charge is -2.25. The number of imidazole rings is 1. The SMILES string of the molecule is CCOC(=O)C1(c2nc3ccncc3n2C)CCCC1. The van der Waals surface area contributed by atoms with Gasteiger partial charge in [0, 0.05) is 13.2 Å². The highest BCUT2D eigenvalue weighted by Gasteiger charge is 2.47. The van der Waals surface area contributed by atoms with Crippen molar-refractivity contribution in [3.05, 3.63) is 24.3 Å². The lowest BCUT2D eigenvalue weighted by molar-refractivity contribution is -0.150. The molecule has 0 saturated heterocycles. The molecule has 0 aromatic carbocycles. The van der Waals surface area contributed by atoms with Crippen LogP contribution in [0.2, 0.25) is 0 Å². The van der Waals surface area contributed by atoms with Gasteiger partial charge in [0.1, 0.15) is 11.2 Å². The molecule has 0 radical (unpaired) electrons. The van der Waals surface area contributed by atoms with Crippen LogP contribution in [-0.2, 0) is 22.0 Å². The van der Waals surface area contributed by atoms with Crippen molar-refractivity contribution in [3.8, 4) is 0 Å². The van der Waals surface area contributed by atoms with Crippen LogP contribution in [0.5, 0.6) is 0 Å². The number of fused-ring (bicyclic) bond motifs is 1. The second kappa shape index (κ2) is 4.89. The average Bonchev–Trinajstić information content (AvgIpc) is 3.06. The molecule has 5 nitrogen and oxygen atoms in total. The number of nitrogens with zero attached hydrogens (tertiary/aromatic N) is 3. The first-order valence-corrected chi connectivity index (χ1v) is 7.13. The fraction of sp³-hybridized carbons (Fsp3) is 0.533. The van der Waals surface area contributed by atoms with E-state index in [1.807, 2.05) is 24.6 Å². The molecule has 0 N–H and O–H groups in total. The average molecular weight is 273 g/mol. The van der Waals surface area contributed by atoms with Gasteiger partial charge in [-0.3, -0.25) is 9.78 Å². The largest absolute Gasteiger partial charge is 0.465 e. The second-order valence-electron chi connectivity index (χ2n) is 5.37. The van der Waals surface area contributed by atoms with Crippen molar-refractivity contribution in [2.75, 3.05) is 6.61 Å². The molecule has 1 saturated carbocycles. The van der Waals surface area contributed by atoms with Crippen molar-refractivity contribution in [1.29, 1.82) is 0 Å². The number of aryl methyl sites for hydroxylation is 1. The molecule has 1 aliphatic carbocycles. The van der Waals surface area contributed by atoms with Crippen LogP contribution in [0.3, 0.4) is 0 Å². The maximum Gasteiger partial charge on any atom is 0.319 e. The van der Waals surface area contributed by atoms with Crippen LogP contribution in [0.25, 0.3) is 11.0 Å². The molecule has 1 aliphatic rings. The molecular formula is C15H19N3O2. The monoisotopic (exact) mass is 273 g/mol. The van der Waals surface area contributed by atoms with Crippen LogP contribution in [0.1, 0.15) is 38.4 Å². The Bertz CT molecular complexity index is 642. The summed E-state index contributed by atoms with van der Waals surface area (Å²) in [4.78, 5) is 21.3. The third-order valence-corrected chi connectivity index (χ3v) is 4.23. The summed E-state index contributed by atoms with van der Waals surface area (Å²) in [6, 6.07) is 1.88. The molecule has 2 aromatic rings. The number of hydrogen-bond donors (Lipinski definition) is 0. The molecule has 106 valence electrons. The molecule has 1 fully saturated rings. The lowest BCUT2D eigenvalue weighted by Crippen LogP contribution is -2.37.